The SMILES string of the molecule is CCN(CCO)CC(=O)NC(=O)c1ccc[nH]1. The lowest BCUT2D eigenvalue weighted by Crippen LogP contribution is -2.41. The number of likely N-dealkylation sites (N-methyl/N-ethyl adjacent to an activating group) is 1. The molecule has 1 heterocycles. The van der Waals surface area contributed by atoms with Crippen LogP contribution in [0.25, 0.3) is 0 Å². The van der Waals surface area contributed by atoms with Crippen molar-refractivity contribution in [3.05, 3.63) is 24.0 Å². The van der Waals surface area contributed by atoms with E-state index in [9.17, 15) is 9.59 Å². The quantitative estimate of drug-likeness (QED) is 0.629. The van der Waals surface area contributed by atoms with Crippen molar-refractivity contribution >= 4 is 11.8 Å². The van der Waals surface area contributed by atoms with Crippen molar-refractivity contribution in [3.8, 4) is 0 Å². The maximum atomic E-state index is 11.5. The first-order chi connectivity index (χ1) is 8.17. The van der Waals surface area contributed by atoms with Crippen LogP contribution in [0.15, 0.2) is 18.3 Å². The van der Waals surface area contributed by atoms with E-state index in [-0.39, 0.29) is 19.1 Å². The maximum Gasteiger partial charge on any atom is 0.274 e. The van der Waals surface area contributed by atoms with Crippen molar-refractivity contribution in [1.82, 2.24) is 15.2 Å². The molecule has 2 amide bonds. The molecule has 0 saturated heterocycles. The first kappa shape index (κ1) is 13.4. The minimum absolute atomic E-state index is 0.00824. The van der Waals surface area contributed by atoms with Crippen molar-refractivity contribution in [1.29, 1.82) is 0 Å². The summed E-state index contributed by atoms with van der Waals surface area (Å²) in [5.74, 6) is -0.819. The number of nitrogens with one attached hydrogen (secondary N) is 2. The van der Waals surface area contributed by atoms with Crippen LogP contribution in [0.4, 0.5) is 0 Å². The molecule has 1 aromatic rings. The van der Waals surface area contributed by atoms with Gasteiger partial charge in [0, 0.05) is 12.7 Å². The van der Waals surface area contributed by atoms with Crippen LogP contribution in [0.2, 0.25) is 0 Å². The highest BCUT2D eigenvalue weighted by molar-refractivity contribution is 6.04. The molecule has 0 atom stereocenters. The van der Waals surface area contributed by atoms with Crippen LogP contribution in [0.1, 0.15) is 17.4 Å². The molecule has 6 nitrogen and oxygen atoms in total. The van der Waals surface area contributed by atoms with E-state index in [1.807, 2.05) is 6.92 Å². The van der Waals surface area contributed by atoms with Crippen LogP contribution in [0.5, 0.6) is 0 Å². The maximum absolute atomic E-state index is 11.5. The Hall–Kier alpha value is -1.66. The van der Waals surface area contributed by atoms with Crippen molar-refractivity contribution in [2.45, 2.75) is 6.92 Å². The standard InChI is InChI=1S/C11H17N3O3/c1-2-14(6-7-15)8-10(16)13-11(17)9-4-3-5-12-9/h3-5,12,15H,2,6-8H2,1H3,(H,13,16,17). The Balaban J connectivity index is 2.41. The van der Waals surface area contributed by atoms with Gasteiger partial charge in [-0.2, -0.15) is 0 Å². The molecule has 0 saturated carbocycles. The zero-order valence-corrected chi connectivity index (χ0v) is 9.77. The smallest absolute Gasteiger partial charge is 0.274 e. The van der Waals surface area contributed by atoms with Gasteiger partial charge in [-0.05, 0) is 18.7 Å². The average molecular weight is 239 g/mol. The number of aromatic nitrogens is 1. The molecule has 17 heavy (non-hydrogen) atoms. The predicted molar refractivity (Wildman–Crippen MR) is 62.5 cm³/mol. The van der Waals surface area contributed by atoms with Crippen LogP contribution in [-0.4, -0.2) is 53.0 Å². The molecule has 0 aliphatic carbocycles. The zero-order chi connectivity index (χ0) is 12.7. The molecule has 1 rings (SSSR count). The van der Waals surface area contributed by atoms with Crippen LogP contribution >= 0.6 is 0 Å². The van der Waals surface area contributed by atoms with Gasteiger partial charge in [0.15, 0.2) is 0 Å². The number of hydrogen-bond acceptors (Lipinski definition) is 4. The summed E-state index contributed by atoms with van der Waals surface area (Å²) in [4.78, 5) is 27.5. The highest BCUT2D eigenvalue weighted by Gasteiger charge is 2.13. The molecule has 0 fully saturated rings. The number of imide groups is 1. The second-order valence-electron chi connectivity index (χ2n) is 3.55. The summed E-state index contributed by atoms with van der Waals surface area (Å²) in [7, 11) is 0. The summed E-state index contributed by atoms with van der Waals surface area (Å²) >= 11 is 0. The third-order valence-electron chi connectivity index (χ3n) is 2.33. The van der Waals surface area contributed by atoms with E-state index in [0.717, 1.165) is 0 Å². The first-order valence-electron chi connectivity index (χ1n) is 5.48. The predicted octanol–water partition coefficient (Wildman–Crippen LogP) is -0.415. The molecular weight excluding hydrogens is 222 g/mol. The lowest BCUT2D eigenvalue weighted by molar-refractivity contribution is -0.121. The summed E-state index contributed by atoms with van der Waals surface area (Å²) in [6.45, 7) is 3.04. The van der Waals surface area contributed by atoms with E-state index in [0.29, 0.717) is 18.8 Å². The summed E-state index contributed by atoms with van der Waals surface area (Å²) in [6, 6.07) is 3.28. The number of hydrogen-bond donors (Lipinski definition) is 3. The first-order valence-corrected chi connectivity index (χ1v) is 5.48. The minimum Gasteiger partial charge on any atom is -0.395 e. The number of nitrogens with zero attached hydrogens (tertiary/aromatic N) is 1. The summed E-state index contributed by atoms with van der Waals surface area (Å²) in [6.07, 6.45) is 1.61. The van der Waals surface area contributed by atoms with Crippen molar-refractivity contribution < 1.29 is 14.7 Å². The number of aromatic amines is 1. The van der Waals surface area contributed by atoms with E-state index >= 15 is 0 Å². The lowest BCUT2D eigenvalue weighted by atomic mass is 10.4. The number of carbonyl (C=O) groups excluding carboxylic acids is 2. The van der Waals surface area contributed by atoms with Gasteiger partial charge >= 0.3 is 0 Å². The summed E-state index contributed by atoms with van der Waals surface area (Å²) in [5.41, 5.74) is 0.351. The van der Waals surface area contributed by atoms with Crippen molar-refractivity contribution in [3.63, 3.8) is 0 Å². The normalized spacial score (nSPS) is 10.5. The molecule has 0 aliphatic rings. The number of amides is 2. The van der Waals surface area contributed by atoms with Crippen LogP contribution in [0.3, 0.4) is 0 Å². The molecule has 94 valence electrons. The molecule has 1 aromatic heterocycles. The molecular formula is C11H17N3O3. The summed E-state index contributed by atoms with van der Waals surface area (Å²) < 4.78 is 0. The Morgan fingerprint density at radius 2 is 2.29 bits per heavy atom. The van der Waals surface area contributed by atoms with E-state index in [1.54, 1.807) is 23.2 Å². The van der Waals surface area contributed by atoms with E-state index in [2.05, 4.69) is 10.3 Å². The van der Waals surface area contributed by atoms with E-state index in [1.165, 1.54) is 0 Å². The fourth-order valence-electron chi connectivity index (χ4n) is 1.40. The molecule has 0 spiro atoms. The highest BCUT2D eigenvalue weighted by atomic mass is 16.3. The van der Waals surface area contributed by atoms with Gasteiger partial charge in [-0.25, -0.2) is 0 Å². The van der Waals surface area contributed by atoms with Crippen molar-refractivity contribution in [2.75, 3.05) is 26.2 Å². The fourth-order valence-corrected chi connectivity index (χ4v) is 1.40. The van der Waals surface area contributed by atoms with E-state index < -0.39 is 5.91 Å². The van der Waals surface area contributed by atoms with Gasteiger partial charge in [0.25, 0.3) is 5.91 Å². The van der Waals surface area contributed by atoms with Gasteiger partial charge in [0.2, 0.25) is 5.91 Å². The zero-order valence-electron chi connectivity index (χ0n) is 9.77. The number of rotatable bonds is 6. The second kappa shape index (κ2) is 6.82. The van der Waals surface area contributed by atoms with Crippen LogP contribution in [-0.2, 0) is 4.79 Å². The van der Waals surface area contributed by atoms with Crippen LogP contribution < -0.4 is 5.32 Å². The molecule has 0 aromatic carbocycles. The second-order valence-corrected chi connectivity index (χ2v) is 3.55. The molecule has 0 bridgehead atoms. The van der Waals surface area contributed by atoms with Crippen LogP contribution in [0, 0.1) is 0 Å². The Bertz CT molecular complexity index is 362. The van der Waals surface area contributed by atoms with Gasteiger partial charge < -0.3 is 10.1 Å². The number of carbonyl (C=O) groups is 2. The number of aliphatic hydroxyl groups excluding tert-OH is 1. The topological polar surface area (TPSA) is 85.4 Å². The summed E-state index contributed by atoms with van der Waals surface area (Å²) in [5, 5.41) is 11.0. The third kappa shape index (κ3) is 4.38. The number of aliphatic hydroxyl groups is 1. The Morgan fingerprint density at radius 3 is 2.82 bits per heavy atom. The average Bonchev–Trinajstić information content (AvgIpc) is 2.81. The molecule has 3 N–H and O–H groups in total. The van der Waals surface area contributed by atoms with E-state index in [4.69, 9.17) is 5.11 Å². The molecule has 0 unspecified atom stereocenters. The molecule has 6 heteroatoms. The molecule has 0 radical (unpaired) electrons. The Morgan fingerprint density at radius 1 is 1.53 bits per heavy atom. The number of H-pyrrole nitrogens is 1. The Labute approximate surface area is 99.6 Å². The van der Waals surface area contributed by atoms with Gasteiger partial charge in [-0.3, -0.25) is 19.8 Å². The molecule has 0 aliphatic heterocycles. The lowest BCUT2D eigenvalue weighted by Gasteiger charge is -2.17. The third-order valence-corrected chi connectivity index (χ3v) is 2.33. The van der Waals surface area contributed by atoms with Crippen molar-refractivity contribution in [2.24, 2.45) is 0 Å². The Kier molecular flexibility index (Phi) is 5.38. The van der Waals surface area contributed by atoms with Gasteiger partial charge in [0.05, 0.1) is 13.2 Å². The fraction of sp³-hybridized carbons (Fsp3) is 0.455. The van der Waals surface area contributed by atoms with Gasteiger partial charge in [0.1, 0.15) is 5.69 Å². The minimum atomic E-state index is -0.444. The highest BCUT2D eigenvalue weighted by Crippen LogP contribution is 1.94. The monoisotopic (exact) mass is 239 g/mol. The van der Waals surface area contributed by atoms with Gasteiger partial charge in [-0.1, -0.05) is 6.92 Å². The largest absolute Gasteiger partial charge is 0.395 e. The van der Waals surface area contributed by atoms with Gasteiger partial charge in [-0.15, -0.1) is 0 Å².